The van der Waals surface area contributed by atoms with E-state index in [0.717, 1.165) is 0 Å². The minimum Gasteiger partial charge on any atom is -0.381 e. The van der Waals surface area contributed by atoms with Gasteiger partial charge in [0.1, 0.15) is 11.9 Å². The molecule has 0 unspecified atom stereocenters. The highest BCUT2D eigenvalue weighted by molar-refractivity contribution is 6.31. The monoisotopic (exact) mass is 410 g/mol. The Balaban J connectivity index is 1.99. The maximum atomic E-state index is 13.4. The number of anilines is 3. The lowest BCUT2D eigenvalue weighted by molar-refractivity contribution is -0.111. The number of nitrogens with zero attached hydrogens (tertiary/aromatic N) is 2. The first kappa shape index (κ1) is 20.3. The molecule has 1 aromatic heterocycles. The number of benzene rings is 2. The molecule has 0 fully saturated rings. The van der Waals surface area contributed by atoms with Gasteiger partial charge >= 0.3 is 0 Å². The van der Waals surface area contributed by atoms with E-state index in [4.69, 9.17) is 16.3 Å². The van der Waals surface area contributed by atoms with Crippen LogP contribution in [-0.2, 0) is 9.53 Å². The molecule has 6 nitrogen and oxygen atoms in total. The lowest BCUT2D eigenvalue weighted by Crippen LogP contribution is -2.08. The second kappa shape index (κ2) is 9.15. The van der Waals surface area contributed by atoms with Crippen molar-refractivity contribution in [3.05, 3.63) is 71.2 Å². The van der Waals surface area contributed by atoms with Crippen LogP contribution in [0.5, 0.6) is 0 Å². The van der Waals surface area contributed by atoms with Crippen molar-refractivity contribution >= 4 is 45.5 Å². The highest BCUT2D eigenvalue weighted by Crippen LogP contribution is 2.32. The van der Waals surface area contributed by atoms with Crippen molar-refractivity contribution in [1.29, 1.82) is 5.26 Å². The van der Waals surface area contributed by atoms with Crippen molar-refractivity contribution in [3.8, 4) is 6.07 Å². The van der Waals surface area contributed by atoms with E-state index in [9.17, 15) is 14.4 Å². The zero-order valence-corrected chi connectivity index (χ0v) is 16.1. The Bertz CT molecular complexity index is 1140. The number of methoxy groups -OCH3 is 1. The van der Waals surface area contributed by atoms with Crippen molar-refractivity contribution < 1.29 is 13.9 Å². The molecule has 2 N–H and O–H groups in total. The van der Waals surface area contributed by atoms with E-state index < -0.39 is 5.82 Å². The largest absolute Gasteiger partial charge is 0.381 e. The molecule has 1 amide bonds. The van der Waals surface area contributed by atoms with Crippen LogP contribution in [0.25, 0.3) is 10.9 Å². The third-order valence-corrected chi connectivity index (χ3v) is 4.27. The Morgan fingerprint density at radius 2 is 2.10 bits per heavy atom. The second-order valence-electron chi connectivity index (χ2n) is 5.99. The van der Waals surface area contributed by atoms with Crippen LogP contribution in [0.2, 0.25) is 5.02 Å². The van der Waals surface area contributed by atoms with Gasteiger partial charge in [-0.05, 0) is 36.4 Å². The fraction of sp³-hybridized carbons (Fsp3) is 0.0952. The van der Waals surface area contributed by atoms with Crippen LogP contribution in [-0.4, -0.2) is 24.6 Å². The molecule has 1 heterocycles. The van der Waals surface area contributed by atoms with E-state index in [2.05, 4.69) is 21.7 Å². The number of ether oxygens (including phenoxy) is 1. The molecule has 0 radical (unpaired) electrons. The van der Waals surface area contributed by atoms with E-state index in [0.29, 0.717) is 40.1 Å². The number of carbonyl (C=O) groups excluding carboxylic acids is 1. The number of nitriles is 1. The molecule has 0 aliphatic carbocycles. The maximum Gasteiger partial charge on any atom is 0.248 e. The third-order valence-electron chi connectivity index (χ3n) is 3.98. The quantitative estimate of drug-likeness (QED) is 0.571. The van der Waals surface area contributed by atoms with Crippen molar-refractivity contribution in [3.63, 3.8) is 0 Å². The van der Waals surface area contributed by atoms with E-state index >= 15 is 0 Å². The Morgan fingerprint density at radius 3 is 2.83 bits per heavy atom. The van der Waals surface area contributed by atoms with Gasteiger partial charge in [0.2, 0.25) is 5.91 Å². The number of carbonyl (C=O) groups is 1. The van der Waals surface area contributed by atoms with Crippen molar-refractivity contribution in [2.75, 3.05) is 24.4 Å². The standard InChI is InChI=1S/C21H16ClFN4O2/c1-29-8-2-3-20(28)26-14-5-7-19-16(9-14)21(13(11-24)12-25-19)27-15-4-6-18(23)17(22)10-15/h2-7,9-10,12H,8H2,1H3,(H,25,27)(H,26,28)/b3-2-. The molecule has 0 saturated carbocycles. The number of hydrogen-bond acceptors (Lipinski definition) is 5. The van der Waals surface area contributed by atoms with Gasteiger partial charge in [0.15, 0.2) is 0 Å². The van der Waals surface area contributed by atoms with Gasteiger partial charge in [-0.15, -0.1) is 0 Å². The van der Waals surface area contributed by atoms with Gasteiger partial charge in [-0.2, -0.15) is 5.26 Å². The van der Waals surface area contributed by atoms with Crippen LogP contribution >= 0.6 is 11.6 Å². The van der Waals surface area contributed by atoms with Crippen LogP contribution < -0.4 is 10.6 Å². The summed E-state index contributed by atoms with van der Waals surface area (Å²) in [6.45, 7) is 0.328. The maximum absolute atomic E-state index is 13.4. The molecular formula is C21H16ClFN4O2. The predicted molar refractivity (Wildman–Crippen MR) is 111 cm³/mol. The first-order valence-corrected chi connectivity index (χ1v) is 8.91. The number of amides is 1. The molecule has 3 rings (SSSR count). The molecule has 146 valence electrons. The second-order valence-corrected chi connectivity index (χ2v) is 6.40. The summed E-state index contributed by atoms with van der Waals surface area (Å²) in [4.78, 5) is 16.3. The van der Waals surface area contributed by atoms with Gasteiger partial charge in [-0.3, -0.25) is 9.78 Å². The normalized spacial score (nSPS) is 10.8. The summed E-state index contributed by atoms with van der Waals surface area (Å²) in [5.74, 6) is -0.852. The number of pyridine rings is 1. The zero-order valence-electron chi connectivity index (χ0n) is 15.4. The molecule has 0 spiro atoms. The van der Waals surface area contributed by atoms with Gasteiger partial charge in [0.25, 0.3) is 0 Å². The van der Waals surface area contributed by atoms with E-state index in [1.54, 1.807) is 24.3 Å². The average Bonchev–Trinajstić information content (AvgIpc) is 2.71. The summed E-state index contributed by atoms with van der Waals surface area (Å²) in [5, 5.41) is 15.9. The number of rotatable bonds is 6. The molecule has 0 saturated heterocycles. The van der Waals surface area contributed by atoms with Crippen LogP contribution in [0, 0.1) is 17.1 Å². The molecule has 0 atom stereocenters. The van der Waals surface area contributed by atoms with Crippen LogP contribution in [0.3, 0.4) is 0 Å². The molecule has 0 aliphatic heterocycles. The third kappa shape index (κ3) is 4.88. The van der Waals surface area contributed by atoms with Crippen molar-refractivity contribution in [2.24, 2.45) is 0 Å². The SMILES string of the molecule is COC/C=C\C(=O)Nc1ccc2ncc(C#N)c(Nc3ccc(F)c(Cl)c3)c2c1. The fourth-order valence-corrected chi connectivity index (χ4v) is 2.82. The van der Waals surface area contributed by atoms with Gasteiger partial charge in [0, 0.05) is 36.1 Å². The molecule has 3 aromatic rings. The number of aromatic nitrogens is 1. The highest BCUT2D eigenvalue weighted by atomic mass is 35.5. The van der Waals surface area contributed by atoms with Crippen LogP contribution in [0.4, 0.5) is 21.5 Å². The van der Waals surface area contributed by atoms with Crippen molar-refractivity contribution in [2.45, 2.75) is 0 Å². The highest BCUT2D eigenvalue weighted by Gasteiger charge is 2.12. The number of halogens is 2. The number of hydrogen-bond donors (Lipinski definition) is 2. The first-order chi connectivity index (χ1) is 14.0. The minimum atomic E-state index is -0.538. The summed E-state index contributed by atoms with van der Waals surface area (Å²) in [6.07, 6.45) is 4.41. The number of fused-ring (bicyclic) bond motifs is 1. The Morgan fingerprint density at radius 1 is 1.31 bits per heavy atom. The molecule has 8 heteroatoms. The first-order valence-electron chi connectivity index (χ1n) is 8.53. The van der Waals surface area contributed by atoms with E-state index in [1.807, 2.05) is 0 Å². The Labute approximate surface area is 171 Å². The number of nitrogens with one attached hydrogen (secondary N) is 2. The fourth-order valence-electron chi connectivity index (χ4n) is 2.64. The Kier molecular flexibility index (Phi) is 6.39. The Hall–Kier alpha value is -3.47. The molecule has 2 aromatic carbocycles. The molecule has 0 aliphatic rings. The predicted octanol–water partition coefficient (Wildman–Crippen LogP) is 4.78. The summed E-state index contributed by atoms with van der Waals surface area (Å²) in [7, 11) is 1.54. The van der Waals surface area contributed by atoms with Gasteiger partial charge in [0.05, 0.1) is 28.4 Å². The summed E-state index contributed by atoms with van der Waals surface area (Å²) in [5.41, 5.74) is 2.43. The minimum absolute atomic E-state index is 0.0392. The molecule has 0 bridgehead atoms. The van der Waals surface area contributed by atoms with Gasteiger partial charge < -0.3 is 15.4 Å². The molecular weight excluding hydrogens is 395 g/mol. The van der Waals surface area contributed by atoms with Crippen molar-refractivity contribution in [1.82, 2.24) is 4.98 Å². The zero-order chi connectivity index (χ0) is 20.8. The topological polar surface area (TPSA) is 87.0 Å². The van der Waals surface area contributed by atoms with Crippen LogP contribution in [0.15, 0.2) is 54.7 Å². The lowest BCUT2D eigenvalue weighted by atomic mass is 10.1. The summed E-state index contributed by atoms with van der Waals surface area (Å²) >= 11 is 5.85. The molecule has 29 heavy (non-hydrogen) atoms. The smallest absolute Gasteiger partial charge is 0.248 e. The lowest BCUT2D eigenvalue weighted by Gasteiger charge is -2.13. The summed E-state index contributed by atoms with van der Waals surface area (Å²) < 4.78 is 18.3. The van der Waals surface area contributed by atoms with E-state index in [1.165, 1.54) is 37.6 Å². The summed E-state index contributed by atoms with van der Waals surface area (Å²) in [6, 6.07) is 11.4. The van der Waals surface area contributed by atoms with Crippen LogP contribution in [0.1, 0.15) is 5.56 Å². The average molecular weight is 411 g/mol. The van der Waals surface area contributed by atoms with Gasteiger partial charge in [-0.1, -0.05) is 17.7 Å². The van der Waals surface area contributed by atoms with Gasteiger partial charge in [-0.25, -0.2) is 4.39 Å². The van der Waals surface area contributed by atoms with E-state index in [-0.39, 0.29) is 10.9 Å².